The molecular weight excluding hydrogens is 352 g/mol. The molecule has 1 aliphatic rings. The summed E-state index contributed by atoms with van der Waals surface area (Å²) in [4.78, 5) is 17.4. The highest BCUT2D eigenvalue weighted by atomic mass is 16.4. The molecule has 6 heteroatoms. The van der Waals surface area contributed by atoms with Gasteiger partial charge in [-0.2, -0.15) is 5.10 Å². The SMILES string of the molecule is CN1CCCN(c2ccc3cc(-c4cc5ccccn5n4)c(=O)oc3c2)CC1. The fraction of sp³-hybridized carbons (Fsp3) is 0.273. The highest BCUT2D eigenvalue weighted by molar-refractivity contribution is 5.84. The van der Waals surface area contributed by atoms with Crippen LogP contribution in [0.3, 0.4) is 0 Å². The molecule has 6 nitrogen and oxygen atoms in total. The molecular formula is C22H22N4O2. The Hall–Kier alpha value is -3.12. The van der Waals surface area contributed by atoms with Crippen LogP contribution in [0.15, 0.2) is 63.9 Å². The van der Waals surface area contributed by atoms with Gasteiger partial charge in [0.05, 0.1) is 11.1 Å². The number of hydrogen-bond acceptors (Lipinski definition) is 5. The summed E-state index contributed by atoms with van der Waals surface area (Å²) in [6.07, 6.45) is 3.00. The van der Waals surface area contributed by atoms with E-state index >= 15 is 0 Å². The van der Waals surface area contributed by atoms with Gasteiger partial charge in [0.15, 0.2) is 0 Å². The van der Waals surface area contributed by atoms with Gasteiger partial charge in [-0.05, 0) is 56.4 Å². The molecule has 0 amide bonds. The van der Waals surface area contributed by atoms with Crippen LogP contribution in [-0.4, -0.2) is 47.7 Å². The summed E-state index contributed by atoms with van der Waals surface area (Å²) in [5.74, 6) is 0. The van der Waals surface area contributed by atoms with E-state index in [0.717, 1.165) is 49.2 Å². The molecule has 3 aromatic heterocycles. The van der Waals surface area contributed by atoms with Crippen LogP contribution in [-0.2, 0) is 0 Å². The third-order valence-corrected chi connectivity index (χ3v) is 5.45. The first-order valence-electron chi connectivity index (χ1n) is 9.63. The zero-order valence-electron chi connectivity index (χ0n) is 15.8. The van der Waals surface area contributed by atoms with Gasteiger partial charge in [-0.3, -0.25) is 0 Å². The van der Waals surface area contributed by atoms with E-state index in [2.05, 4.69) is 28.0 Å². The van der Waals surface area contributed by atoms with Crippen LogP contribution in [0, 0.1) is 0 Å². The predicted octanol–water partition coefficient (Wildman–Crippen LogP) is 3.25. The fourth-order valence-electron chi connectivity index (χ4n) is 3.85. The first-order chi connectivity index (χ1) is 13.7. The molecule has 1 fully saturated rings. The Labute approximate surface area is 162 Å². The van der Waals surface area contributed by atoms with Crippen molar-refractivity contribution >= 4 is 22.2 Å². The van der Waals surface area contributed by atoms with E-state index in [1.807, 2.05) is 48.7 Å². The molecule has 1 aromatic carbocycles. The van der Waals surface area contributed by atoms with Crippen LogP contribution in [0.25, 0.3) is 27.7 Å². The second-order valence-corrected chi connectivity index (χ2v) is 7.41. The van der Waals surface area contributed by atoms with Crippen molar-refractivity contribution in [2.24, 2.45) is 0 Å². The number of nitrogens with zero attached hydrogens (tertiary/aromatic N) is 4. The van der Waals surface area contributed by atoms with Crippen LogP contribution in [0.4, 0.5) is 5.69 Å². The van der Waals surface area contributed by atoms with Gasteiger partial charge in [0.25, 0.3) is 0 Å². The summed E-state index contributed by atoms with van der Waals surface area (Å²) >= 11 is 0. The van der Waals surface area contributed by atoms with Gasteiger partial charge in [0, 0.05) is 43.0 Å². The number of hydrogen-bond donors (Lipinski definition) is 0. The van der Waals surface area contributed by atoms with Crippen molar-refractivity contribution in [3.8, 4) is 11.3 Å². The van der Waals surface area contributed by atoms with E-state index < -0.39 is 0 Å². The lowest BCUT2D eigenvalue weighted by Crippen LogP contribution is -2.28. The average molecular weight is 374 g/mol. The smallest absolute Gasteiger partial charge is 0.345 e. The molecule has 1 saturated heterocycles. The van der Waals surface area contributed by atoms with E-state index in [4.69, 9.17) is 4.42 Å². The Morgan fingerprint density at radius 2 is 1.93 bits per heavy atom. The maximum Gasteiger partial charge on any atom is 0.345 e. The maximum absolute atomic E-state index is 12.7. The molecule has 0 radical (unpaired) electrons. The zero-order valence-corrected chi connectivity index (χ0v) is 15.8. The lowest BCUT2D eigenvalue weighted by atomic mass is 10.1. The minimum absolute atomic E-state index is 0.358. The minimum Gasteiger partial charge on any atom is -0.422 e. The van der Waals surface area contributed by atoms with Crippen molar-refractivity contribution in [3.63, 3.8) is 0 Å². The van der Waals surface area contributed by atoms with E-state index in [1.54, 1.807) is 4.52 Å². The third kappa shape index (κ3) is 3.05. The van der Waals surface area contributed by atoms with Gasteiger partial charge in [0.2, 0.25) is 0 Å². The van der Waals surface area contributed by atoms with Crippen molar-refractivity contribution < 1.29 is 4.42 Å². The summed E-state index contributed by atoms with van der Waals surface area (Å²) in [5.41, 5.74) is 3.42. The van der Waals surface area contributed by atoms with Crippen LogP contribution >= 0.6 is 0 Å². The maximum atomic E-state index is 12.7. The summed E-state index contributed by atoms with van der Waals surface area (Å²) in [6, 6.07) is 15.7. The number of pyridine rings is 1. The molecule has 28 heavy (non-hydrogen) atoms. The molecule has 0 N–H and O–H groups in total. The quantitative estimate of drug-likeness (QED) is 0.504. The Morgan fingerprint density at radius 3 is 2.82 bits per heavy atom. The first kappa shape index (κ1) is 17.0. The molecule has 5 rings (SSSR count). The minimum atomic E-state index is -0.358. The standard InChI is InChI=1S/C22H22N4O2/c1-24-8-4-9-25(12-11-24)17-7-6-16-13-19(22(27)28-21(16)15-17)20-14-18-5-2-3-10-26(18)23-20/h2-3,5-7,10,13-15H,4,8-9,11-12H2,1H3. The molecule has 0 aliphatic carbocycles. The van der Waals surface area contributed by atoms with Crippen LogP contribution < -0.4 is 10.5 Å². The Bertz CT molecular complexity index is 1180. The molecule has 0 bridgehead atoms. The summed E-state index contributed by atoms with van der Waals surface area (Å²) in [6.45, 7) is 4.14. The number of rotatable bonds is 2. The highest BCUT2D eigenvalue weighted by Crippen LogP contribution is 2.26. The molecule has 0 saturated carbocycles. The van der Waals surface area contributed by atoms with Crippen molar-refractivity contribution in [1.29, 1.82) is 0 Å². The number of benzene rings is 1. The zero-order chi connectivity index (χ0) is 19.1. The monoisotopic (exact) mass is 374 g/mol. The number of anilines is 1. The predicted molar refractivity (Wildman–Crippen MR) is 111 cm³/mol. The number of aromatic nitrogens is 2. The topological polar surface area (TPSA) is 54.0 Å². The molecule has 1 aliphatic heterocycles. The second-order valence-electron chi connectivity index (χ2n) is 7.41. The Kier molecular flexibility index (Phi) is 4.13. The van der Waals surface area contributed by atoms with Crippen LogP contribution in [0.2, 0.25) is 0 Å². The van der Waals surface area contributed by atoms with Gasteiger partial charge in [-0.1, -0.05) is 6.07 Å². The summed E-state index contributed by atoms with van der Waals surface area (Å²) < 4.78 is 7.45. The third-order valence-electron chi connectivity index (χ3n) is 5.45. The van der Waals surface area contributed by atoms with Crippen LogP contribution in [0.1, 0.15) is 6.42 Å². The van der Waals surface area contributed by atoms with Gasteiger partial charge >= 0.3 is 5.63 Å². The van der Waals surface area contributed by atoms with Gasteiger partial charge < -0.3 is 14.2 Å². The van der Waals surface area contributed by atoms with Crippen molar-refractivity contribution in [2.45, 2.75) is 6.42 Å². The van der Waals surface area contributed by atoms with E-state index in [1.165, 1.54) is 0 Å². The van der Waals surface area contributed by atoms with E-state index in [-0.39, 0.29) is 5.63 Å². The van der Waals surface area contributed by atoms with Gasteiger partial charge in [0.1, 0.15) is 11.3 Å². The molecule has 142 valence electrons. The summed E-state index contributed by atoms with van der Waals surface area (Å²) in [5, 5.41) is 5.41. The van der Waals surface area contributed by atoms with Gasteiger partial charge in [-0.25, -0.2) is 9.31 Å². The summed E-state index contributed by atoms with van der Waals surface area (Å²) in [7, 11) is 2.16. The fourth-order valence-corrected chi connectivity index (χ4v) is 3.85. The largest absolute Gasteiger partial charge is 0.422 e. The molecule has 0 spiro atoms. The van der Waals surface area contributed by atoms with Crippen molar-refractivity contribution in [2.75, 3.05) is 38.1 Å². The molecule has 0 unspecified atom stereocenters. The number of fused-ring (bicyclic) bond motifs is 2. The number of likely N-dealkylation sites (N-methyl/N-ethyl adjacent to an activating group) is 1. The molecule has 0 atom stereocenters. The van der Waals surface area contributed by atoms with Crippen molar-refractivity contribution in [1.82, 2.24) is 14.5 Å². The first-order valence-corrected chi connectivity index (χ1v) is 9.63. The highest BCUT2D eigenvalue weighted by Gasteiger charge is 2.15. The van der Waals surface area contributed by atoms with Crippen molar-refractivity contribution in [3.05, 3.63) is 65.1 Å². The average Bonchev–Trinajstić information content (AvgIpc) is 3.01. The lowest BCUT2D eigenvalue weighted by molar-refractivity contribution is 0.360. The Morgan fingerprint density at radius 1 is 1.00 bits per heavy atom. The van der Waals surface area contributed by atoms with E-state index in [9.17, 15) is 4.79 Å². The molecule has 4 heterocycles. The lowest BCUT2D eigenvalue weighted by Gasteiger charge is -2.22. The Balaban J connectivity index is 1.53. The van der Waals surface area contributed by atoms with Crippen LogP contribution in [0.5, 0.6) is 0 Å². The van der Waals surface area contributed by atoms with Gasteiger partial charge in [-0.15, -0.1) is 0 Å². The molecule has 4 aromatic rings. The second kappa shape index (κ2) is 6.80. The van der Waals surface area contributed by atoms with E-state index in [0.29, 0.717) is 16.8 Å². The normalized spacial score (nSPS) is 16.0.